The maximum atomic E-state index is 12.4. The largest absolute Gasteiger partial charge is 0.454 e. The molecule has 0 aromatic heterocycles. The maximum Gasteiger partial charge on any atom is 0.236 e. The molecule has 1 amide bonds. The number of carbonyl (C=O) groups is 1. The molecule has 0 spiro atoms. The van der Waals surface area contributed by atoms with E-state index in [1.807, 2.05) is 30.1 Å². The lowest BCUT2D eigenvalue weighted by atomic mass is 9.94. The van der Waals surface area contributed by atoms with Crippen LogP contribution in [0.3, 0.4) is 0 Å². The first kappa shape index (κ1) is 18.6. The normalized spacial score (nSPS) is 14.8. The number of nitrogens with zero attached hydrogens (tertiary/aromatic N) is 1. The number of amides is 1. The van der Waals surface area contributed by atoms with Gasteiger partial charge in [-0.2, -0.15) is 0 Å². The van der Waals surface area contributed by atoms with Crippen LogP contribution in [0, 0.1) is 5.92 Å². The minimum absolute atomic E-state index is 0.108. The summed E-state index contributed by atoms with van der Waals surface area (Å²) >= 11 is 0. The van der Waals surface area contributed by atoms with Gasteiger partial charge in [0.1, 0.15) is 0 Å². The van der Waals surface area contributed by atoms with Crippen LogP contribution < -0.4 is 14.8 Å². The molecule has 1 aliphatic rings. The molecule has 24 heavy (non-hydrogen) atoms. The summed E-state index contributed by atoms with van der Waals surface area (Å²) < 4.78 is 10.8. The molecule has 1 aromatic carbocycles. The average molecular weight is 334 g/mol. The average Bonchev–Trinajstić information content (AvgIpc) is 2.98. The van der Waals surface area contributed by atoms with Gasteiger partial charge in [-0.05, 0) is 50.8 Å². The van der Waals surface area contributed by atoms with Crippen LogP contribution in [0.2, 0.25) is 0 Å². The first-order chi connectivity index (χ1) is 11.2. The van der Waals surface area contributed by atoms with Gasteiger partial charge in [0.2, 0.25) is 12.7 Å². The highest BCUT2D eigenvalue weighted by atomic mass is 16.7. The third-order valence-corrected chi connectivity index (χ3v) is 4.64. The highest BCUT2D eigenvalue weighted by Crippen LogP contribution is 2.35. The number of hydrogen-bond acceptors (Lipinski definition) is 4. The summed E-state index contributed by atoms with van der Waals surface area (Å²) in [5.41, 5.74) is 0.733. The molecular weight excluding hydrogens is 304 g/mol. The lowest BCUT2D eigenvalue weighted by Gasteiger charge is -2.30. The maximum absolute atomic E-state index is 12.4. The van der Waals surface area contributed by atoms with Gasteiger partial charge in [-0.3, -0.25) is 10.1 Å². The van der Waals surface area contributed by atoms with Crippen molar-refractivity contribution in [3.05, 3.63) is 23.8 Å². The molecule has 0 radical (unpaired) electrons. The van der Waals surface area contributed by atoms with Crippen LogP contribution in [-0.4, -0.2) is 37.2 Å². The number of benzene rings is 1. The van der Waals surface area contributed by atoms with E-state index in [4.69, 9.17) is 9.47 Å². The number of ether oxygens (including phenoxy) is 2. The van der Waals surface area contributed by atoms with E-state index in [1.165, 1.54) is 0 Å². The summed E-state index contributed by atoms with van der Waals surface area (Å²) in [6.45, 7) is 11.2. The van der Waals surface area contributed by atoms with Crippen LogP contribution in [0.5, 0.6) is 11.5 Å². The van der Waals surface area contributed by atoms with E-state index in [0.717, 1.165) is 23.5 Å². The van der Waals surface area contributed by atoms with Crippen molar-refractivity contribution in [2.24, 2.45) is 5.92 Å². The highest BCUT2D eigenvalue weighted by Gasteiger charge is 2.25. The lowest BCUT2D eigenvalue weighted by Crippen LogP contribution is -2.46. The molecule has 1 aromatic rings. The summed E-state index contributed by atoms with van der Waals surface area (Å²) in [5.74, 6) is 2.22. The summed E-state index contributed by atoms with van der Waals surface area (Å²) in [6.07, 6.45) is 1.01. The van der Waals surface area contributed by atoms with Crippen molar-refractivity contribution in [3.63, 3.8) is 0 Å². The minimum atomic E-state index is -0.335. The Hall–Kier alpha value is -1.75. The fraction of sp³-hybridized carbons (Fsp3) is 0.632. The molecular formula is C19H30N2O3. The van der Waals surface area contributed by atoms with Gasteiger partial charge in [0.05, 0.1) is 6.54 Å². The Kier molecular flexibility index (Phi) is 5.75. The summed E-state index contributed by atoms with van der Waals surface area (Å²) in [7, 11) is 1.88. The Morgan fingerprint density at radius 2 is 1.92 bits per heavy atom. The van der Waals surface area contributed by atoms with Crippen molar-refractivity contribution in [1.29, 1.82) is 0 Å². The fourth-order valence-corrected chi connectivity index (χ4v) is 2.89. The molecule has 5 nitrogen and oxygen atoms in total. The van der Waals surface area contributed by atoms with Crippen LogP contribution in [0.1, 0.15) is 46.6 Å². The number of carbonyl (C=O) groups excluding carboxylic acids is 1. The van der Waals surface area contributed by atoms with Crippen LogP contribution >= 0.6 is 0 Å². The molecule has 134 valence electrons. The molecule has 1 unspecified atom stereocenters. The zero-order chi connectivity index (χ0) is 17.9. The van der Waals surface area contributed by atoms with Crippen molar-refractivity contribution in [2.45, 2.75) is 52.6 Å². The summed E-state index contributed by atoms with van der Waals surface area (Å²) in [5, 5.41) is 3.37. The number of likely N-dealkylation sites (N-methyl/N-ethyl adjacent to an activating group) is 1. The summed E-state index contributed by atoms with van der Waals surface area (Å²) in [4.78, 5) is 14.3. The molecule has 0 bridgehead atoms. The van der Waals surface area contributed by atoms with E-state index < -0.39 is 0 Å². The van der Waals surface area contributed by atoms with E-state index in [2.05, 4.69) is 39.9 Å². The van der Waals surface area contributed by atoms with E-state index >= 15 is 0 Å². The quantitative estimate of drug-likeness (QED) is 0.832. The van der Waals surface area contributed by atoms with Crippen LogP contribution in [0.15, 0.2) is 18.2 Å². The van der Waals surface area contributed by atoms with Gasteiger partial charge in [0.25, 0.3) is 0 Å². The molecule has 0 saturated carbocycles. The first-order valence-corrected chi connectivity index (χ1v) is 8.61. The second kappa shape index (κ2) is 7.43. The SMILES string of the molecule is CC(C)CC(C)N(C)C(=O)CNC(C)(C)c1ccc2c(c1)OCO2. The zero-order valence-electron chi connectivity index (χ0n) is 15.7. The van der Waals surface area contributed by atoms with Crippen LogP contribution in [0.4, 0.5) is 0 Å². The molecule has 5 heteroatoms. The van der Waals surface area contributed by atoms with Gasteiger partial charge in [-0.1, -0.05) is 19.9 Å². The zero-order valence-corrected chi connectivity index (χ0v) is 15.7. The smallest absolute Gasteiger partial charge is 0.236 e. The predicted molar refractivity (Wildman–Crippen MR) is 95.3 cm³/mol. The Bertz CT molecular complexity index is 584. The summed E-state index contributed by atoms with van der Waals surface area (Å²) in [6, 6.07) is 6.15. The van der Waals surface area contributed by atoms with Crippen molar-refractivity contribution >= 4 is 5.91 Å². The van der Waals surface area contributed by atoms with Gasteiger partial charge in [0, 0.05) is 18.6 Å². The van der Waals surface area contributed by atoms with Gasteiger partial charge in [-0.15, -0.1) is 0 Å². The van der Waals surface area contributed by atoms with Gasteiger partial charge >= 0.3 is 0 Å². The van der Waals surface area contributed by atoms with E-state index in [1.54, 1.807) is 0 Å². The van der Waals surface area contributed by atoms with Crippen molar-refractivity contribution in [1.82, 2.24) is 10.2 Å². The van der Waals surface area contributed by atoms with Crippen molar-refractivity contribution in [3.8, 4) is 11.5 Å². The highest BCUT2D eigenvalue weighted by molar-refractivity contribution is 5.78. The minimum Gasteiger partial charge on any atom is -0.454 e. The second-order valence-corrected chi connectivity index (χ2v) is 7.53. The second-order valence-electron chi connectivity index (χ2n) is 7.53. The standard InChI is InChI=1S/C19H30N2O3/c1-13(2)9-14(3)21(6)18(22)11-20-19(4,5)15-7-8-16-17(10-15)24-12-23-16/h7-8,10,13-14,20H,9,11-12H2,1-6H3. The number of rotatable bonds is 7. The van der Waals surface area contributed by atoms with Gasteiger partial charge < -0.3 is 14.4 Å². The van der Waals surface area contributed by atoms with Crippen LogP contribution in [-0.2, 0) is 10.3 Å². The van der Waals surface area contributed by atoms with E-state index in [9.17, 15) is 4.79 Å². The lowest BCUT2D eigenvalue weighted by molar-refractivity contribution is -0.131. The Morgan fingerprint density at radius 3 is 2.58 bits per heavy atom. The van der Waals surface area contributed by atoms with Gasteiger partial charge in [-0.25, -0.2) is 0 Å². The fourth-order valence-electron chi connectivity index (χ4n) is 2.89. The molecule has 0 saturated heterocycles. The number of fused-ring (bicyclic) bond motifs is 1. The van der Waals surface area contributed by atoms with E-state index in [0.29, 0.717) is 12.5 Å². The molecule has 2 rings (SSSR count). The number of hydrogen-bond donors (Lipinski definition) is 1. The predicted octanol–water partition coefficient (Wildman–Crippen LogP) is 3.13. The molecule has 0 aliphatic carbocycles. The third kappa shape index (κ3) is 4.41. The molecule has 1 atom stereocenters. The van der Waals surface area contributed by atoms with Crippen molar-refractivity contribution < 1.29 is 14.3 Å². The van der Waals surface area contributed by atoms with Crippen molar-refractivity contribution in [2.75, 3.05) is 20.4 Å². The molecule has 1 heterocycles. The molecule has 1 N–H and O–H groups in total. The molecule has 0 fully saturated rings. The van der Waals surface area contributed by atoms with Gasteiger partial charge in [0.15, 0.2) is 11.5 Å². The Morgan fingerprint density at radius 1 is 1.25 bits per heavy atom. The van der Waals surface area contributed by atoms with Crippen LogP contribution in [0.25, 0.3) is 0 Å². The topological polar surface area (TPSA) is 50.8 Å². The first-order valence-electron chi connectivity index (χ1n) is 8.61. The number of nitrogens with one attached hydrogen (secondary N) is 1. The third-order valence-electron chi connectivity index (χ3n) is 4.64. The monoisotopic (exact) mass is 334 g/mol. The molecule has 1 aliphatic heterocycles. The Balaban J connectivity index is 1.95. The van der Waals surface area contributed by atoms with E-state index in [-0.39, 0.29) is 24.3 Å². The Labute approximate surface area is 145 Å².